The van der Waals surface area contributed by atoms with Crippen molar-refractivity contribution in [3.8, 4) is 5.69 Å². The Morgan fingerprint density at radius 3 is 2.62 bits per heavy atom. The van der Waals surface area contributed by atoms with E-state index in [1.54, 1.807) is 4.57 Å². The van der Waals surface area contributed by atoms with Gasteiger partial charge in [-0.05, 0) is 36.6 Å². The van der Waals surface area contributed by atoms with Gasteiger partial charge in [-0.3, -0.25) is 9.36 Å². The van der Waals surface area contributed by atoms with Gasteiger partial charge in [0.2, 0.25) is 0 Å². The first-order valence-corrected chi connectivity index (χ1v) is 8.38. The van der Waals surface area contributed by atoms with Gasteiger partial charge in [0.1, 0.15) is 5.82 Å². The van der Waals surface area contributed by atoms with Crippen molar-refractivity contribution in [3.05, 3.63) is 82.9 Å². The Kier molecular flexibility index (Phi) is 4.61. The molecule has 0 N–H and O–H groups in total. The molecule has 1 atom stereocenters. The normalized spacial score (nSPS) is 12.2. The lowest BCUT2D eigenvalue weighted by Gasteiger charge is -2.19. The maximum atomic E-state index is 13.2. The molecule has 3 aromatic rings. The molecule has 0 radical (unpaired) electrons. The minimum absolute atomic E-state index is 0.00703. The van der Waals surface area contributed by atoms with E-state index in [4.69, 9.17) is 4.98 Å². The van der Waals surface area contributed by atoms with Crippen molar-refractivity contribution >= 4 is 10.9 Å². The quantitative estimate of drug-likeness (QED) is 0.643. The van der Waals surface area contributed by atoms with Gasteiger partial charge in [0.15, 0.2) is 0 Å². The molecule has 3 heteroatoms. The monoisotopic (exact) mass is 318 g/mol. The zero-order chi connectivity index (χ0) is 17.1. The summed E-state index contributed by atoms with van der Waals surface area (Å²) in [7, 11) is 0. The van der Waals surface area contributed by atoms with Crippen LogP contribution in [0, 0.1) is 0 Å². The van der Waals surface area contributed by atoms with E-state index in [9.17, 15) is 4.79 Å². The number of nitrogens with zero attached hydrogens (tertiary/aromatic N) is 2. The van der Waals surface area contributed by atoms with Crippen LogP contribution in [0.2, 0.25) is 0 Å². The van der Waals surface area contributed by atoms with Gasteiger partial charge < -0.3 is 0 Å². The van der Waals surface area contributed by atoms with Gasteiger partial charge in [-0.25, -0.2) is 4.98 Å². The van der Waals surface area contributed by atoms with Crippen molar-refractivity contribution in [2.45, 2.75) is 32.6 Å². The van der Waals surface area contributed by atoms with E-state index >= 15 is 0 Å². The number of aryl methyl sites for hydroxylation is 1. The molecular weight excluding hydrogens is 296 g/mol. The number of fused-ring (bicyclic) bond motifs is 1. The van der Waals surface area contributed by atoms with Crippen LogP contribution in [0.5, 0.6) is 0 Å². The van der Waals surface area contributed by atoms with Crippen LogP contribution in [0.25, 0.3) is 16.6 Å². The topological polar surface area (TPSA) is 34.9 Å². The predicted octanol–water partition coefficient (Wildman–Crippen LogP) is 4.63. The summed E-state index contributed by atoms with van der Waals surface area (Å²) in [6.07, 6.45) is 3.52. The van der Waals surface area contributed by atoms with Crippen molar-refractivity contribution in [1.82, 2.24) is 9.55 Å². The molecule has 2 aromatic carbocycles. The Morgan fingerprint density at radius 2 is 1.88 bits per heavy atom. The van der Waals surface area contributed by atoms with E-state index < -0.39 is 0 Å². The van der Waals surface area contributed by atoms with Crippen LogP contribution in [-0.2, 0) is 6.42 Å². The third-order valence-electron chi connectivity index (χ3n) is 4.38. The van der Waals surface area contributed by atoms with E-state index in [-0.39, 0.29) is 11.5 Å². The Morgan fingerprint density at radius 1 is 1.17 bits per heavy atom. The lowest BCUT2D eigenvalue weighted by Crippen LogP contribution is -2.26. The van der Waals surface area contributed by atoms with E-state index in [2.05, 4.69) is 26.5 Å². The first kappa shape index (κ1) is 16.2. The molecule has 0 bridgehead atoms. The summed E-state index contributed by atoms with van der Waals surface area (Å²) in [4.78, 5) is 18.0. The maximum absolute atomic E-state index is 13.2. The number of allylic oxidation sites excluding steroid dienone is 1. The second-order valence-electron chi connectivity index (χ2n) is 6.04. The number of para-hydroxylation sites is 2. The van der Waals surface area contributed by atoms with E-state index in [1.165, 1.54) is 0 Å². The fourth-order valence-electron chi connectivity index (χ4n) is 3.10. The van der Waals surface area contributed by atoms with Gasteiger partial charge in [-0.15, -0.1) is 6.58 Å². The SMILES string of the molecule is C=CC[C@@H](C)c1nc2ccccc2c(=O)n1-c1ccccc1CC. The molecule has 0 saturated heterocycles. The van der Waals surface area contributed by atoms with E-state index in [1.807, 2.05) is 48.5 Å². The molecule has 1 aromatic heterocycles. The molecule has 1 heterocycles. The van der Waals surface area contributed by atoms with Crippen molar-refractivity contribution in [1.29, 1.82) is 0 Å². The molecule has 0 aliphatic carbocycles. The molecule has 0 amide bonds. The number of hydrogen-bond donors (Lipinski definition) is 0. The summed E-state index contributed by atoms with van der Waals surface area (Å²) < 4.78 is 1.79. The summed E-state index contributed by atoms with van der Waals surface area (Å²) >= 11 is 0. The molecule has 0 aliphatic heterocycles. The Balaban J connectivity index is 2.39. The molecule has 24 heavy (non-hydrogen) atoms. The molecule has 3 rings (SSSR count). The van der Waals surface area contributed by atoms with Crippen molar-refractivity contribution in [2.24, 2.45) is 0 Å². The molecule has 0 spiro atoms. The molecule has 0 aliphatic rings. The van der Waals surface area contributed by atoms with Crippen LogP contribution in [0.15, 0.2) is 66.0 Å². The lowest BCUT2D eigenvalue weighted by molar-refractivity contribution is 0.675. The smallest absolute Gasteiger partial charge is 0.265 e. The molecule has 0 fully saturated rings. The zero-order valence-electron chi connectivity index (χ0n) is 14.2. The highest BCUT2D eigenvalue weighted by atomic mass is 16.1. The molecule has 3 nitrogen and oxygen atoms in total. The van der Waals surface area contributed by atoms with Gasteiger partial charge in [-0.2, -0.15) is 0 Å². The summed E-state index contributed by atoms with van der Waals surface area (Å²) in [5.41, 5.74) is 2.81. The molecule has 0 unspecified atom stereocenters. The van der Waals surface area contributed by atoms with Gasteiger partial charge >= 0.3 is 0 Å². The fraction of sp³-hybridized carbons (Fsp3) is 0.238. The highest BCUT2D eigenvalue weighted by Gasteiger charge is 2.18. The Labute approximate surface area is 142 Å². The summed E-state index contributed by atoms with van der Waals surface area (Å²) in [6.45, 7) is 8.02. The fourth-order valence-corrected chi connectivity index (χ4v) is 3.10. The number of rotatable bonds is 5. The lowest BCUT2D eigenvalue weighted by atomic mass is 10.0. The van der Waals surface area contributed by atoms with Crippen LogP contribution < -0.4 is 5.56 Å². The Bertz CT molecular complexity index is 940. The van der Waals surface area contributed by atoms with Crippen molar-refractivity contribution in [3.63, 3.8) is 0 Å². The van der Waals surface area contributed by atoms with Crippen LogP contribution in [0.4, 0.5) is 0 Å². The Hall–Kier alpha value is -2.68. The number of hydrogen-bond acceptors (Lipinski definition) is 2. The summed E-state index contributed by atoms with van der Waals surface area (Å²) in [6, 6.07) is 15.6. The average Bonchev–Trinajstić information content (AvgIpc) is 2.62. The van der Waals surface area contributed by atoms with E-state index in [0.717, 1.165) is 35.4 Å². The minimum Gasteiger partial charge on any atom is -0.268 e. The highest BCUT2D eigenvalue weighted by molar-refractivity contribution is 5.78. The average molecular weight is 318 g/mol. The molecule has 122 valence electrons. The minimum atomic E-state index is -0.00703. The second kappa shape index (κ2) is 6.83. The van der Waals surface area contributed by atoms with Gasteiger partial charge in [-0.1, -0.05) is 50.3 Å². The van der Waals surface area contributed by atoms with Crippen molar-refractivity contribution < 1.29 is 0 Å². The standard InChI is InChI=1S/C21H22N2O/c1-4-10-15(3)20-22-18-13-8-7-12-17(18)21(24)23(20)19-14-9-6-11-16(19)5-2/h4,6-9,11-15H,1,5,10H2,2-3H3/t15-/m1/s1. The van der Waals surface area contributed by atoms with Crippen molar-refractivity contribution in [2.75, 3.05) is 0 Å². The predicted molar refractivity (Wildman–Crippen MR) is 99.9 cm³/mol. The van der Waals surface area contributed by atoms with E-state index in [0.29, 0.717) is 5.39 Å². The summed E-state index contributed by atoms with van der Waals surface area (Å²) in [5, 5.41) is 0.651. The first-order chi connectivity index (χ1) is 11.7. The van der Waals surface area contributed by atoms with Crippen LogP contribution in [-0.4, -0.2) is 9.55 Å². The highest BCUT2D eigenvalue weighted by Crippen LogP contribution is 2.24. The van der Waals surface area contributed by atoms with Gasteiger partial charge in [0.25, 0.3) is 5.56 Å². The van der Waals surface area contributed by atoms with Gasteiger partial charge in [0, 0.05) is 5.92 Å². The van der Waals surface area contributed by atoms with Crippen LogP contribution in [0.1, 0.15) is 37.6 Å². The number of aromatic nitrogens is 2. The molecular formula is C21H22N2O. The third-order valence-corrected chi connectivity index (χ3v) is 4.38. The zero-order valence-corrected chi connectivity index (χ0v) is 14.2. The third kappa shape index (κ3) is 2.78. The first-order valence-electron chi connectivity index (χ1n) is 8.38. The largest absolute Gasteiger partial charge is 0.268 e. The maximum Gasteiger partial charge on any atom is 0.265 e. The van der Waals surface area contributed by atoms with Gasteiger partial charge in [0.05, 0.1) is 16.6 Å². The second-order valence-corrected chi connectivity index (χ2v) is 6.04. The van der Waals surface area contributed by atoms with Crippen LogP contribution >= 0.6 is 0 Å². The molecule has 0 saturated carbocycles. The van der Waals surface area contributed by atoms with Crippen LogP contribution in [0.3, 0.4) is 0 Å². The number of benzene rings is 2. The summed E-state index contributed by atoms with van der Waals surface area (Å²) in [5.74, 6) is 0.907.